The Morgan fingerprint density at radius 2 is 2.00 bits per heavy atom. The number of pyridine rings is 1. The third-order valence-electron chi connectivity index (χ3n) is 4.27. The van der Waals surface area contributed by atoms with Crippen molar-refractivity contribution in [2.45, 2.75) is 26.4 Å². The van der Waals surface area contributed by atoms with Gasteiger partial charge in [0.15, 0.2) is 0 Å². The Labute approximate surface area is 190 Å². The number of nitrogens with zero attached hydrogens (tertiary/aromatic N) is 2. The first kappa shape index (κ1) is 23.2. The van der Waals surface area contributed by atoms with Crippen LogP contribution < -0.4 is 15.8 Å². The molecule has 3 N–H and O–H groups in total. The van der Waals surface area contributed by atoms with Crippen molar-refractivity contribution in [1.82, 2.24) is 9.88 Å². The second-order valence-electron chi connectivity index (χ2n) is 8.07. The molecule has 0 aliphatic heterocycles. The number of halogens is 1. The average Bonchev–Trinajstić information content (AvgIpc) is 3.04. The monoisotopic (exact) mass is 460 g/mol. The molecule has 9 nitrogen and oxygen atoms in total. The van der Waals surface area contributed by atoms with E-state index < -0.39 is 17.6 Å². The maximum Gasteiger partial charge on any atom is 0.410 e. The van der Waals surface area contributed by atoms with Gasteiger partial charge in [-0.1, -0.05) is 11.6 Å². The van der Waals surface area contributed by atoms with Gasteiger partial charge in [0.1, 0.15) is 29.4 Å². The zero-order chi connectivity index (χ0) is 23.5. The third-order valence-corrected chi connectivity index (χ3v) is 4.50. The van der Waals surface area contributed by atoms with Crippen LogP contribution >= 0.6 is 11.6 Å². The van der Waals surface area contributed by atoms with Crippen molar-refractivity contribution < 1.29 is 23.5 Å². The molecule has 2 aromatic heterocycles. The lowest BCUT2D eigenvalue weighted by atomic mass is 10.2. The quantitative estimate of drug-likeness (QED) is 0.553. The van der Waals surface area contributed by atoms with Gasteiger partial charge in [-0.05, 0) is 51.1 Å². The molecule has 0 saturated heterocycles. The van der Waals surface area contributed by atoms with Gasteiger partial charge in [-0.3, -0.25) is 4.79 Å². The molecule has 2 heterocycles. The number of furan rings is 1. The number of hydrogen-bond acceptors (Lipinski definition) is 7. The van der Waals surface area contributed by atoms with E-state index in [-0.39, 0.29) is 18.1 Å². The van der Waals surface area contributed by atoms with E-state index in [0.29, 0.717) is 34.1 Å². The molecule has 0 spiro atoms. The van der Waals surface area contributed by atoms with Crippen LogP contribution in [0.4, 0.5) is 16.3 Å². The molecule has 0 saturated carbocycles. The van der Waals surface area contributed by atoms with Crippen molar-refractivity contribution in [3.63, 3.8) is 0 Å². The van der Waals surface area contributed by atoms with Gasteiger partial charge in [-0.25, -0.2) is 9.78 Å². The molecule has 0 radical (unpaired) electrons. The van der Waals surface area contributed by atoms with Crippen molar-refractivity contribution >= 4 is 46.1 Å². The lowest BCUT2D eigenvalue weighted by Crippen LogP contribution is -2.36. The number of nitrogens with one attached hydrogen (secondary N) is 1. The summed E-state index contributed by atoms with van der Waals surface area (Å²) in [4.78, 5) is 30.0. The van der Waals surface area contributed by atoms with E-state index >= 15 is 0 Å². The SMILES string of the molecule is CN(CCOc1ccc2oc(C(=O)Nc3ccc(Cl)cn3)c(N)c2c1)C(=O)OC(C)(C)C. The molecule has 0 aliphatic carbocycles. The Morgan fingerprint density at radius 1 is 1.25 bits per heavy atom. The lowest BCUT2D eigenvalue weighted by molar-refractivity contribution is 0.0278. The number of anilines is 2. The maximum atomic E-state index is 12.5. The molecule has 0 atom stereocenters. The van der Waals surface area contributed by atoms with Crippen molar-refractivity contribution in [2.75, 3.05) is 31.2 Å². The number of carbonyl (C=O) groups excluding carboxylic acids is 2. The number of nitrogen functional groups attached to an aromatic ring is 1. The summed E-state index contributed by atoms with van der Waals surface area (Å²) >= 11 is 5.80. The summed E-state index contributed by atoms with van der Waals surface area (Å²) in [6.07, 6.45) is 0.990. The summed E-state index contributed by atoms with van der Waals surface area (Å²) in [5, 5.41) is 3.61. The number of carbonyl (C=O) groups is 2. The van der Waals surface area contributed by atoms with Crippen molar-refractivity contribution in [3.05, 3.63) is 47.3 Å². The Kier molecular flexibility index (Phi) is 6.78. The Hall–Kier alpha value is -3.46. The molecule has 3 rings (SSSR count). The predicted molar refractivity (Wildman–Crippen MR) is 122 cm³/mol. The molecule has 0 unspecified atom stereocenters. The number of nitrogens with two attached hydrogens (primary N) is 1. The number of hydrogen-bond donors (Lipinski definition) is 2. The fourth-order valence-corrected chi connectivity index (χ4v) is 2.82. The van der Waals surface area contributed by atoms with E-state index in [0.717, 1.165) is 0 Å². The predicted octanol–water partition coefficient (Wildman–Crippen LogP) is 4.56. The fourth-order valence-electron chi connectivity index (χ4n) is 2.71. The van der Waals surface area contributed by atoms with Crippen molar-refractivity contribution in [2.24, 2.45) is 0 Å². The van der Waals surface area contributed by atoms with E-state index in [2.05, 4.69) is 10.3 Å². The largest absolute Gasteiger partial charge is 0.492 e. The minimum absolute atomic E-state index is 0.0291. The second kappa shape index (κ2) is 9.35. The van der Waals surface area contributed by atoms with Crippen LogP contribution in [0.5, 0.6) is 5.75 Å². The molecular weight excluding hydrogens is 436 g/mol. The molecule has 3 aromatic rings. The van der Waals surface area contributed by atoms with Gasteiger partial charge < -0.3 is 29.8 Å². The Morgan fingerprint density at radius 3 is 2.66 bits per heavy atom. The smallest absolute Gasteiger partial charge is 0.410 e. The summed E-state index contributed by atoms with van der Waals surface area (Å²) in [6, 6.07) is 8.21. The standard InChI is InChI=1S/C22H25ClN4O5/c1-22(2,3)32-21(29)27(4)9-10-30-14-6-7-16-15(11-14)18(24)19(31-16)20(28)26-17-8-5-13(23)12-25-17/h5-8,11-12H,9-10,24H2,1-4H3,(H,25,26,28). The van der Waals surface area contributed by atoms with Crippen molar-refractivity contribution in [1.29, 1.82) is 0 Å². The normalized spacial score (nSPS) is 11.3. The highest BCUT2D eigenvalue weighted by molar-refractivity contribution is 6.30. The van der Waals surface area contributed by atoms with Crippen LogP contribution in [-0.2, 0) is 4.74 Å². The molecule has 170 valence electrons. The van der Waals surface area contributed by atoms with Crippen LogP contribution in [-0.4, -0.2) is 47.7 Å². The van der Waals surface area contributed by atoms with Gasteiger partial charge in [0.05, 0.1) is 17.3 Å². The highest BCUT2D eigenvalue weighted by Gasteiger charge is 2.21. The van der Waals surface area contributed by atoms with Crippen LogP contribution in [0.2, 0.25) is 5.02 Å². The van der Waals surface area contributed by atoms with E-state index in [1.54, 1.807) is 58.2 Å². The zero-order valence-corrected chi connectivity index (χ0v) is 19.0. The molecule has 10 heteroatoms. The van der Waals surface area contributed by atoms with Gasteiger partial charge in [-0.15, -0.1) is 0 Å². The molecule has 2 amide bonds. The van der Waals surface area contributed by atoms with Crippen LogP contribution in [0.25, 0.3) is 11.0 Å². The van der Waals surface area contributed by atoms with Crippen LogP contribution in [0.3, 0.4) is 0 Å². The zero-order valence-electron chi connectivity index (χ0n) is 18.3. The number of amides is 2. The van der Waals surface area contributed by atoms with Gasteiger partial charge >= 0.3 is 6.09 Å². The molecule has 0 aliphatic rings. The van der Waals surface area contributed by atoms with E-state index in [1.165, 1.54) is 11.1 Å². The highest BCUT2D eigenvalue weighted by Crippen LogP contribution is 2.32. The molecule has 1 aromatic carbocycles. The lowest BCUT2D eigenvalue weighted by Gasteiger charge is -2.24. The molecular formula is C22H25ClN4O5. The Balaban J connectivity index is 1.64. The van der Waals surface area contributed by atoms with Crippen molar-refractivity contribution in [3.8, 4) is 5.75 Å². The molecule has 0 bridgehead atoms. The number of benzene rings is 1. The van der Waals surface area contributed by atoms with Gasteiger partial charge in [0.2, 0.25) is 5.76 Å². The minimum atomic E-state index is -0.566. The first-order valence-electron chi connectivity index (χ1n) is 9.85. The summed E-state index contributed by atoms with van der Waals surface area (Å²) in [6.45, 7) is 5.99. The number of likely N-dealkylation sites (N-methyl/N-ethyl adjacent to an activating group) is 1. The van der Waals surface area contributed by atoms with Gasteiger partial charge in [-0.2, -0.15) is 0 Å². The highest BCUT2D eigenvalue weighted by atomic mass is 35.5. The van der Waals surface area contributed by atoms with E-state index in [9.17, 15) is 9.59 Å². The summed E-state index contributed by atoms with van der Waals surface area (Å²) in [7, 11) is 1.63. The number of rotatable bonds is 6. The number of aromatic nitrogens is 1. The first-order valence-corrected chi connectivity index (χ1v) is 10.2. The summed E-state index contributed by atoms with van der Waals surface area (Å²) in [5.41, 5.74) is 6.20. The summed E-state index contributed by atoms with van der Waals surface area (Å²) < 4.78 is 16.6. The van der Waals surface area contributed by atoms with E-state index in [4.69, 9.17) is 31.2 Å². The first-order chi connectivity index (χ1) is 15.0. The minimum Gasteiger partial charge on any atom is -0.492 e. The van der Waals surface area contributed by atoms with E-state index in [1.807, 2.05) is 0 Å². The third kappa shape index (κ3) is 5.82. The second-order valence-corrected chi connectivity index (χ2v) is 8.51. The van der Waals surface area contributed by atoms with Crippen LogP contribution in [0.1, 0.15) is 31.3 Å². The molecule has 32 heavy (non-hydrogen) atoms. The van der Waals surface area contributed by atoms with Crippen LogP contribution in [0.15, 0.2) is 40.9 Å². The number of fused-ring (bicyclic) bond motifs is 1. The average molecular weight is 461 g/mol. The summed E-state index contributed by atoms with van der Waals surface area (Å²) in [5.74, 6) is 0.278. The molecule has 0 fully saturated rings. The topological polar surface area (TPSA) is 120 Å². The van der Waals surface area contributed by atoms with Gasteiger partial charge in [0.25, 0.3) is 5.91 Å². The Bertz CT molecular complexity index is 1120. The van der Waals surface area contributed by atoms with Gasteiger partial charge in [0, 0.05) is 18.6 Å². The van der Waals surface area contributed by atoms with Crippen LogP contribution in [0, 0.1) is 0 Å². The maximum absolute atomic E-state index is 12.5. The fraction of sp³-hybridized carbons (Fsp3) is 0.318. The number of ether oxygens (including phenoxy) is 2.